The summed E-state index contributed by atoms with van der Waals surface area (Å²) in [7, 11) is 0. The van der Waals surface area contributed by atoms with E-state index in [0.29, 0.717) is 19.0 Å². The van der Waals surface area contributed by atoms with Crippen molar-refractivity contribution in [2.75, 3.05) is 19.6 Å². The molecule has 0 unspecified atom stereocenters. The fraction of sp³-hybridized carbons (Fsp3) is 0.875. The normalized spacial score (nSPS) is 19.9. The zero-order valence-corrected chi connectivity index (χ0v) is 7.46. The van der Waals surface area contributed by atoms with Crippen molar-refractivity contribution >= 4 is 5.97 Å². The minimum absolute atomic E-state index is 0.463. The van der Waals surface area contributed by atoms with Gasteiger partial charge < -0.3 is 5.11 Å². The Morgan fingerprint density at radius 3 is 2.54 bits per heavy atom. The van der Waals surface area contributed by atoms with Gasteiger partial charge in [0.2, 0.25) is 0 Å². The van der Waals surface area contributed by atoms with Gasteiger partial charge in [-0.15, -0.1) is 0 Å². The van der Waals surface area contributed by atoms with Gasteiger partial charge in [-0.05, 0) is 5.92 Å². The largest absolute Gasteiger partial charge is 0.477 e. The summed E-state index contributed by atoms with van der Waals surface area (Å²) >= 11 is 0. The maximum Gasteiger partial charge on any atom is 0.375 e. The maximum absolute atomic E-state index is 12.6. The molecule has 1 N–H and O–H groups in total. The van der Waals surface area contributed by atoms with E-state index in [0.717, 1.165) is 6.42 Å². The number of likely N-dealkylation sites (tertiary alicyclic amines) is 1. The highest BCUT2D eigenvalue weighted by molar-refractivity contribution is 5.75. The van der Waals surface area contributed by atoms with Crippen LogP contribution in [0.4, 0.5) is 8.78 Å². The minimum Gasteiger partial charge on any atom is -0.477 e. The van der Waals surface area contributed by atoms with Crippen LogP contribution in [-0.4, -0.2) is 41.5 Å². The first-order valence-corrected chi connectivity index (χ1v) is 4.29. The summed E-state index contributed by atoms with van der Waals surface area (Å²) in [6.45, 7) is 2.54. The van der Waals surface area contributed by atoms with Gasteiger partial charge in [0.05, 0.1) is 6.54 Å². The molecule has 5 heteroatoms. The molecular formula is C8H13F2NO2. The van der Waals surface area contributed by atoms with Crippen molar-refractivity contribution in [3.05, 3.63) is 0 Å². The quantitative estimate of drug-likeness (QED) is 0.725. The number of carboxylic acid groups (broad SMARTS) is 1. The van der Waals surface area contributed by atoms with Crippen molar-refractivity contribution in [1.29, 1.82) is 0 Å². The summed E-state index contributed by atoms with van der Waals surface area (Å²) in [5.74, 6) is -5.17. The van der Waals surface area contributed by atoms with Crippen LogP contribution in [0.5, 0.6) is 0 Å². The summed E-state index contributed by atoms with van der Waals surface area (Å²) in [6.07, 6.45) is 0.967. The molecule has 0 saturated carbocycles. The molecule has 0 radical (unpaired) electrons. The van der Waals surface area contributed by atoms with Gasteiger partial charge in [0.15, 0.2) is 0 Å². The van der Waals surface area contributed by atoms with Gasteiger partial charge in [-0.2, -0.15) is 8.78 Å². The lowest BCUT2D eigenvalue weighted by atomic mass is 9.97. The molecule has 0 aromatic heterocycles. The second-order valence-electron chi connectivity index (χ2n) is 3.48. The molecule has 76 valence electrons. The Hall–Kier alpha value is -0.710. The Kier molecular flexibility index (Phi) is 2.85. The highest BCUT2D eigenvalue weighted by Crippen LogP contribution is 2.23. The maximum atomic E-state index is 12.6. The van der Waals surface area contributed by atoms with Crippen LogP contribution < -0.4 is 0 Å². The fourth-order valence-electron chi connectivity index (χ4n) is 1.41. The molecule has 1 saturated heterocycles. The van der Waals surface area contributed by atoms with Gasteiger partial charge in [0.1, 0.15) is 0 Å². The fourth-order valence-corrected chi connectivity index (χ4v) is 1.41. The number of hydrogen-bond acceptors (Lipinski definition) is 2. The molecule has 0 amide bonds. The van der Waals surface area contributed by atoms with Gasteiger partial charge in [-0.25, -0.2) is 4.79 Å². The second kappa shape index (κ2) is 3.57. The molecule has 1 aliphatic heterocycles. The molecular weight excluding hydrogens is 180 g/mol. The number of hydrogen-bond donors (Lipinski definition) is 1. The lowest BCUT2D eigenvalue weighted by Gasteiger charge is -2.39. The first kappa shape index (κ1) is 10.4. The number of aliphatic carboxylic acids is 1. The van der Waals surface area contributed by atoms with Crippen LogP contribution >= 0.6 is 0 Å². The van der Waals surface area contributed by atoms with Gasteiger partial charge in [-0.3, -0.25) is 4.90 Å². The van der Waals surface area contributed by atoms with Crippen molar-refractivity contribution in [1.82, 2.24) is 4.90 Å². The van der Waals surface area contributed by atoms with Gasteiger partial charge >= 0.3 is 11.9 Å². The predicted molar refractivity (Wildman–Crippen MR) is 42.8 cm³/mol. The van der Waals surface area contributed by atoms with Crippen molar-refractivity contribution in [3.63, 3.8) is 0 Å². The Morgan fingerprint density at radius 2 is 2.15 bits per heavy atom. The molecule has 0 aromatic rings. The lowest BCUT2D eigenvalue weighted by Crippen LogP contribution is -2.53. The average molecular weight is 193 g/mol. The Labute approximate surface area is 75.3 Å². The molecule has 0 aliphatic carbocycles. The third-order valence-corrected chi connectivity index (χ3v) is 2.35. The molecule has 0 atom stereocenters. The minimum atomic E-state index is -3.60. The van der Waals surface area contributed by atoms with Crippen LogP contribution in [0.1, 0.15) is 13.3 Å². The van der Waals surface area contributed by atoms with Crippen LogP contribution in [0.25, 0.3) is 0 Å². The third-order valence-electron chi connectivity index (χ3n) is 2.35. The molecule has 0 bridgehead atoms. The van der Waals surface area contributed by atoms with E-state index in [4.69, 9.17) is 5.11 Å². The van der Waals surface area contributed by atoms with Crippen molar-refractivity contribution in [2.45, 2.75) is 19.3 Å². The topological polar surface area (TPSA) is 40.5 Å². The van der Waals surface area contributed by atoms with E-state index in [2.05, 4.69) is 0 Å². The van der Waals surface area contributed by atoms with E-state index in [-0.39, 0.29) is 0 Å². The smallest absolute Gasteiger partial charge is 0.375 e. The zero-order chi connectivity index (χ0) is 10.1. The van der Waals surface area contributed by atoms with E-state index in [1.807, 2.05) is 6.92 Å². The number of carbonyl (C=O) groups is 1. The van der Waals surface area contributed by atoms with Crippen molar-refractivity contribution in [3.8, 4) is 0 Å². The van der Waals surface area contributed by atoms with Gasteiger partial charge in [0.25, 0.3) is 0 Å². The highest BCUT2D eigenvalue weighted by Gasteiger charge is 2.43. The molecule has 1 heterocycles. The van der Waals surface area contributed by atoms with Crippen LogP contribution in [0, 0.1) is 5.92 Å². The number of rotatable bonds is 4. The highest BCUT2D eigenvalue weighted by atomic mass is 19.3. The molecule has 1 aliphatic rings. The molecule has 0 aromatic carbocycles. The number of carboxylic acids is 1. The standard InChI is InChI=1S/C8H13F2NO2/c1-2-6-3-11(4-6)5-8(9,10)7(12)13/h6H,2-5H2,1H3,(H,12,13). The van der Waals surface area contributed by atoms with Crippen molar-refractivity contribution < 1.29 is 18.7 Å². The molecule has 13 heavy (non-hydrogen) atoms. The summed E-state index contributed by atoms with van der Waals surface area (Å²) in [5, 5.41) is 8.16. The monoisotopic (exact) mass is 193 g/mol. The van der Waals surface area contributed by atoms with E-state index in [1.165, 1.54) is 4.90 Å². The van der Waals surface area contributed by atoms with Crippen LogP contribution in [0.15, 0.2) is 0 Å². The first-order valence-electron chi connectivity index (χ1n) is 4.29. The number of halogens is 2. The number of alkyl halides is 2. The summed E-state index contributed by atoms with van der Waals surface area (Å²) in [5.41, 5.74) is 0. The molecule has 0 spiro atoms. The van der Waals surface area contributed by atoms with Crippen LogP contribution in [0.2, 0.25) is 0 Å². The Morgan fingerprint density at radius 1 is 1.62 bits per heavy atom. The van der Waals surface area contributed by atoms with Crippen LogP contribution in [-0.2, 0) is 4.79 Å². The molecule has 1 fully saturated rings. The van der Waals surface area contributed by atoms with Gasteiger partial charge in [0, 0.05) is 13.1 Å². The number of nitrogens with zero attached hydrogens (tertiary/aromatic N) is 1. The predicted octanol–water partition coefficient (Wildman–Crippen LogP) is 1.05. The van der Waals surface area contributed by atoms with E-state index < -0.39 is 18.4 Å². The van der Waals surface area contributed by atoms with E-state index >= 15 is 0 Å². The lowest BCUT2D eigenvalue weighted by molar-refractivity contribution is -0.169. The second-order valence-corrected chi connectivity index (χ2v) is 3.48. The summed E-state index contributed by atoms with van der Waals surface area (Å²) < 4.78 is 25.2. The average Bonchev–Trinajstić information content (AvgIpc) is 1.95. The summed E-state index contributed by atoms with van der Waals surface area (Å²) in [4.78, 5) is 11.5. The zero-order valence-electron chi connectivity index (χ0n) is 7.46. The van der Waals surface area contributed by atoms with Gasteiger partial charge in [-0.1, -0.05) is 13.3 Å². The van der Waals surface area contributed by atoms with E-state index in [9.17, 15) is 13.6 Å². The molecule has 3 nitrogen and oxygen atoms in total. The molecule has 1 rings (SSSR count). The summed E-state index contributed by atoms with van der Waals surface area (Å²) in [6, 6.07) is 0. The SMILES string of the molecule is CCC1CN(CC(F)(F)C(=O)O)C1. The van der Waals surface area contributed by atoms with Crippen molar-refractivity contribution in [2.24, 2.45) is 5.92 Å². The Balaban J connectivity index is 2.31. The first-order chi connectivity index (χ1) is 5.95. The van der Waals surface area contributed by atoms with E-state index in [1.54, 1.807) is 0 Å². The Bertz CT molecular complexity index is 202. The van der Waals surface area contributed by atoms with Crippen LogP contribution in [0.3, 0.4) is 0 Å². The third kappa shape index (κ3) is 2.37.